The molecular weight excluding hydrogens is 356 g/mol. The number of halogens is 1. The molecule has 2 aromatic heterocycles. The molecule has 0 aliphatic heterocycles. The van der Waals surface area contributed by atoms with Gasteiger partial charge in [0.25, 0.3) is 0 Å². The maximum absolute atomic E-state index is 6.05. The second-order valence-corrected chi connectivity index (χ2v) is 6.00. The summed E-state index contributed by atoms with van der Waals surface area (Å²) in [7, 11) is 3.18. The summed E-state index contributed by atoms with van der Waals surface area (Å²) in [6, 6.07) is 7.11. The average Bonchev–Trinajstić information content (AvgIpc) is 2.66. The predicted octanol–water partition coefficient (Wildman–Crippen LogP) is 3.57. The van der Waals surface area contributed by atoms with Crippen molar-refractivity contribution in [3.05, 3.63) is 41.8 Å². The number of hydrogen-bond acceptors (Lipinski definition) is 7. The first-order valence-electron chi connectivity index (χ1n) is 7.99. The van der Waals surface area contributed by atoms with Gasteiger partial charge >= 0.3 is 0 Å². The number of aromatic nitrogens is 3. The average molecular weight is 375 g/mol. The van der Waals surface area contributed by atoms with Gasteiger partial charge < -0.3 is 19.5 Å². The van der Waals surface area contributed by atoms with E-state index in [2.05, 4.69) is 20.3 Å². The van der Waals surface area contributed by atoms with Gasteiger partial charge in [-0.1, -0.05) is 11.6 Å². The van der Waals surface area contributed by atoms with Gasteiger partial charge in [-0.3, -0.25) is 0 Å². The maximum Gasteiger partial charge on any atom is 0.232 e. The lowest BCUT2D eigenvalue weighted by Crippen LogP contribution is -2.24. The van der Waals surface area contributed by atoms with Crippen molar-refractivity contribution in [3.8, 4) is 17.4 Å². The third kappa shape index (κ3) is 3.88. The number of anilines is 1. The van der Waals surface area contributed by atoms with Crippen LogP contribution < -0.4 is 19.5 Å². The third-order valence-electron chi connectivity index (χ3n) is 3.72. The number of rotatable bonds is 7. The van der Waals surface area contributed by atoms with Crippen LogP contribution in [0, 0.1) is 0 Å². The van der Waals surface area contributed by atoms with E-state index in [0.717, 1.165) is 10.9 Å². The first-order valence-corrected chi connectivity index (χ1v) is 8.36. The fourth-order valence-electron chi connectivity index (χ4n) is 2.45. The molecule has 136 valence electrons. The van der Waals surface area contributed by atoms with Crippen LogP contribution >= 0.6 is 11.6 Å². The van der Waals surface area contributed by atoms with Crippen LogP contribution in [-0.2, 0) is 0 Å². The largest absolute Gasteiger partial charge is 0.493 e. The second-order valence-electron chi connectivity index (χ2n) is 5.59. The van der Waals surface area contributed by atoms with Crippen molar-refractivity contribution < 1.29 is 14.2 Å². The summed E-state index contributed by atoms with van der Waals surface area (Å²) in [4.78, 5) is 12.7. The van der Waals surface area contributed by atoms with Crippen molar-refractivity contribution in [1.82, 2.24) is 15.0 Å². The number of nitrogens with one attached hydrogen (secondary N) is 1. The van der Waals surface area contributed by atoms with E-state index in [1.807, 2.05) is 19.1 Å². The highest BCUT2D eigenvalue weighted by Crippen LogP contribution is 2.33. The normalized spacial score (nSPS) is 11.8. The Hall–Kier alpha value is -2.80. The molecule has 0 aliphatic rings. The van der Waals surface area contributed by atoms with Gasteiger partial charge in [-0.25, -0.2) is 15.0 Å². The van der Waals surface area contributed by atoms with Crippen molar-refractivity contribution in [2.45, 2.75) is 13.0 Å². The van der Waals surface area contributed by atoms with E-state index < -0.39 is 0 Å². The number of benzene rings is 1. The summed E-state index contributed by atoms with van der Waals surface area (Å²) in [5.41, 5.74) is 0.751. The molecule has 0 aliphatic carbocycles. The zero-order chi connectivity index (χ0) is 18.5. The molecule has 3 rings (SSSR count). The Balaban J connectivity index is 1.78. The molecule has 0 amide bonds. The smallest absolute Gasteiger partial charge is 0.232 e. The lowest BCUT2D eigenvalue weighted by Gasteiger charge is -2.17. The van der Waals surface area contributed by atoms with Crippen LogP contribution in [0.1, 0.15) is 6.92 Å². The molecule has 1 N–H and O–H groups in total. The van der Waals surface area contributed by atoms with E-state index in [9.17, 15) is 0 Å². The monoisotopic (exact) mass is 374 g/mol. The van der Waals surface area contributed by atoms with Gasteiger partial charge in [-0.2, -0.15) is 0 Å². The Morgan fingerprint density at radius 2 is 1.88 bits per heavy atom. The maximum atomic E-state index is 6.05. The molecule has 0 bridgehead atoms. The zero-order valence-corrected chi connectivity index (χ0v) is 15.4. The van der Waals surface area contributed by atoms with Gasteiger partial charge in [-0.05, 0) is 25.1 Å². The molecule has 2 heterocycles. The van der Waals surface area contributed by atoms with Crippen LogP contribution in [0.2, 0.25) is 5.02 Å². The molecule has 8 heteroatoms. The number of pyridine rings is 1. The SMILES string of the molecule is COc1cc2ncnc(N[C@H](C)COc3ncccc3Cl)c2cc1OC. The van der Waals surface area contributed by atoms with Crippen LogP contribution in [0.15, 0.2) is 36.8 Å². The van der Waals surface area contributed by atoms with Gasteiger partial charge in [0.15, 0.2) is 11.5 Å². The van der Waals surface area contributed by atoms with Gasteiger partial charge in [0, 0.05) is 17.6 Å². The number of methoxy groups -OCH3 is 2. The van der Waals surface area contributed by atoms with Crippen LogP contribution in [0.4, 0.5) is 5.82 Å². The van der Waals surface area contributed by atoms with E-state index in [0.29, 0.717) is 34.8 Å². The number of nitrogens with zero attached hydrogens (tertiary/aromatic N) is 3. The lowest BCUT2D eigenvalue weighted by atomic mass is 10.2. The molecule has 0 saturated heterocycles. The highest BCUT2D eigenvalue weighted by atomic mass is 35.5. The fraction of sp³-hybridized carbons (Fsp3) is 0.278. The lowest BCUT2D eigenvalue weighted by molar-refractivity contribution is 0.292. The molecule has 1 atom stereocenters. The minimum absolute atomic E-state index is 0.0423. The molecule has 7 nitrogen and oxygen atoms in total. The molecule has 26 heavy (non-hydrogen) atoms. The predicted molar refractivity (Wildman–Crippen MR) is 100 cm³/mol. The quantitative estimate of drug-likeness (QED) is 0.677. The molecule has 0 saturated carbocycles. The molecule has 0 fully saturated rings. The summed E-state index contributed by atoms with van der Waals surface area (Å²) in [5.74, 6) is 2.31. The van der Waals surface area contributed by atoms with E-state index >= 15 is 0 Å². The summed E-state index contributed by atoms with van der Waals surface area (Å²) in [6.45, 7) is 2.35. The van der Waals surface area contributed by atoms with Crippen molar-refractivity contribution in [2.24, 2.45) is 0 Å². The van der Waals surface area contributed by atoms with Gasteiger partial charge in [0.05, 0.1) is 25.8 Å². The molecule has 0 unspecified atom stereocenters. The summed E-state index contributed by atoms with van der Waals surface area (Å²) >= 11 is 6.05. The van der Waals surface area contributed by atoms with Crippen LogP contribution in [0.25, 0.3) is 10.9 Å². The van der Waals surface area contributed by atoms with Crippen LogP contribution in [0.3, 0.4) is 0 Å². The van der Waals surface area contributed by atoms with Crippen molar-refractivity contribution in [3.63, 3.8) is 0 Å². The second kappa shape index (κ2) is 8.05. The molecule has 0 spiro atoms. The highest BCUT2D eigenvalue weighted by molar-refractivity contribution is 6.31. The zero-order valence-electron chi connectivity index (χ0n) is 14.7. The van der Waals surface area contributed by atoms with E-state index in [-0.39, 0.29) is 6.04 Å². The first kappa shape index (κ1) is 18.0. The van der Waals surface area contributed by atoms with Gasteiger partial charge in [0.2, 0.25) is 5.88 Å². The Labute approximate surface area is 156 Å². The molecular formula is C18H19ClN4O3. The highest BCUT2D eigenvalue weighted by Gasteiger charge is 2.13. The molecule has 0 radical (unpaired) electrons. The summed E-state index contributed by atoms with van der Waals surface area (Å²) < 4.78 is 16.4. The Kier molecular flexibility index (Phi) is 5.58. The molecule has 1 aromatic carbocycles. The Bertz CT molecular complexity index is 907. The van der Waals surface area contributed by atoms with E-state index in [1.54, 1.807) is 32.5 Å². The van der Waals surface area contributed by atoms with Gasteiger partial charge in [0.1, 0.15) is 23.8 Å². The fourth-order valence-corrected chi connectivity index (χ4v) is 2.63. The van der Waals surface area contributed by atoms with Crippen molar-refractivity contribution in [2.75, 3.05) is 26.1 Å². The molecule has 3 aromatic rings. The van der Waals surface area contributed by atoms with Crippen LogP contribution in [-0.4, -0.2) is 41.8 Å². The number of hydrogen-bond donors (Lipinski definition) is 1. The number of ether oxygens (including phenoxy) is 3. The topological polar surface area (TPSA) is 78.4 Å². The van der Waals surface area contributed by atoms with Gasteiger partial charge in [-0.15, -0.1) is 0 Å². The minimum atomic E-state index is -0.0423. The number of fused-ring (bicyclic) bond motifs is 1. The van der Waals surface area contributed by atoms with Crippen molar-refractivity contribution >= 4 is 28.3 Å². The minimum Gasteiger partial charge on any atom is -0.493 e. The first-order chi connectivity index (χ1) is 12.6. The van der Waals surface area contributed by atoms with Crippen molar-refractivity contribution in [1.29, 1.82) is 0 Å². The third-order valence-corrected chi connectivity index (χ3v) is 4.01. The van der Waals surface area contributed by atoms with E-state index in [4.69, 9.17) is 25.8 Å². The Morgan fingerprint density at radius 1 is 1.12 bits per heavy atom. The Morgan fingerprint density at radius 3 is 2.62 bits per heavy atom. The summed E-state index contributed by atoms with van der Waals surface area (Å²) in [5, 5.41) is 4.62. The summed E-state index contributed by atoms with van der Waals surface area (Å²) in [6.07, 6.45) is 3.14. The van der Waals surface area contributed by atoms with Crippen LogP contribution in [0.5, 0.6) is 17.4 Å². The van der Waals surface area contributed by atoms with E-state index in [1.165, 1.54) is 6.33 Å². The standard InChI is InChI=1S/C18H19ClN4O3/c1-11(9-26-18-13(19)5-4-6-20-18)23-17-12-7-15(24-2)16(25-3)8-14(12)21-10-22-17/h4-8,10-11H,9H2,1-3H3,(H,21,22,23)/t11-/m1/s1.